The number of aryl methyl sites for hydroxylation is 2. The van der Waals surface area contributed by atoms with Crippen molar-refractivity contribution in [2.24, 2.45) is 14.1 Å². The van der Waals surface area contributed by atoms with Gasteiger partial charge in [-0.05, 0) is 62.4 Å². The van der Waals surface area contributed by atoms with Crippen molar-refractivity contribution in [2.45, 2.75) is 13.8 Å². The number of carbonyl (C=O) groups is 4. The normalized spacial score (nSPS) is 13.0. The fourth-order valence-electron chi connectivity index (χ4n) is 6.61. The number of carbonyl (C=O) groups excluding carboxylic acids is 4. The number of benzene rings is 4. The molecule has 0 fully saturated rings. The first-order valence-corrected chi connectivity index (χ1v) is 16.1. The third-order valence-corrected chi connectivity index (χ3v) is 9.09. The summed E-state index contributed by atoms with van der Waals surface area (Å²) >= 11 is 0. The molecular weight excluding hydrogens is 656 g/mol. The Hall–Kier alpha value is -7.44. The van der Waals surface area contributed by atoms with E-state index in [2.05, 4.69) is 22.3 Å². The molecule has 2 aliphatic rings. The zero-order valence-electron chi connectivity index (χ0n) is 28.4. The lowest BCUT2D eigenvalue weighted by molar-refractivity contribution is 0.0908. The molecule has 0 radical (unpaired) electrons. The molecule has 0 unspecified atom stereocenters. The Morgan fingerprint density at radius 2 is 0.942 bits per heavy atom. The van der Waals surface area contributed by atoms with Gasteiger partial charge < -0.3 is 0 Å². The largest absolute Gasteiger partial charge is 0.268 e. The molecule has 0 saturated carbocycles. The molecule has 0 atom stereocenters. The molecule has 2 aromatic heterocycles. The van der Waals surface area contributed by atoms with Crippen molar-refractivity contribution in [1.29, 1.82) is 10.5 Å². The summed E-state index contributed by atoms with van der Waals surface area (Å²) in [5.41, 5.74) is 7.31. The highest BCUT2D eigenvalue weighted by molar-refractivity contribution is 6.35. The van der Waals surface area contributed by atoms with Crippen LogP contribution in [-0.4, -0.2) is 43.2 Å². The van der Waals surface area contributed by atoms with E-state index in [9.17, 15) is 19.2 Å². The highest BCUT2D eigenvalue weighted by atomic mass is 16.2. The van der Waals surface area contributed by atoms with Gasteiger partial charge in [0.15, 0.2) is 5.82 Å². The molecular formula is C40H28N8O4. The van der Waals surface area contributed by atoms with Crippen LogP contribution in [0.15, 0.2) is 97.1 Å². The number of imide groups is 2. The molecule has 252 valence electrons. The Labute approximate surface area is 298 Å². The van der Waals surface area contributed by atoms with Crippen LogP contribution < -0.4 is 9.80 Å². The average Bonchev–Trinajstić information content (AvgIpc) is 3.80. The van der Waals surface area contributed by atoms with Crippen LogP contribution in [0.25, 0.3) is 22.5 Å². The molecule has 0 saturated heterocycles. The summed E-state index contributed by atoms with van der Waals surface area (Å²) in [6, 6.07) is 31.9. The summed E-state index contributed by atoms with van der Waals surface area (Å²) in [6.07, 6.45) is 0. The minimum atomic E-state index is -0.363. The molecule has 0 aliphatic carbocycles. The zero-order valence-corrected chi connectivity index (χ0v) is 28.4. The summed E-state index contributed by atoms with van der Waals surface area (Å²) in [4.78, 5) is 53.3. The number of anilines is 2. The second-order valence-electron chi connectivity index (χ2n) is 12.2. The molecule has 2 aliphatic heterocycles. The molecule has 12 nitrogen and oxygen atoms in total. The zero-order chi connectivity index (χ0) is 36.8. The van der Waals surface area contributed by atoms with Crippen LogP contribution in [0.4, 0.5) is 11.6 Å². The number of rotatable bonds is 4. The van der Waals surface area contributed by atoms with E-state index in [1.165, 1.54) is 4.90 Å². The summed E-state index contributed by atoms with van der Waals surface area (Å²) in [5, 5.41) is 26.8. The van der Waals surface area contributed by atoms with Crippen LogP contribution in [-0.2, 0) is 14.1 Å². The Bertz CT molecular complexity index is 2500. The highest BCUT2D eigenvalue weighted by Crippen LogP contribution is 2.36. The molecule has 0 bridgehead atoms. The van der Waals surface area contributed by atoms with E-state index < -0.39 is 0 Å². The van der Waals surface area contributed by atoms with Crippen molar-refractivity contribution >= 4 is 35.3 Å². The molecule has 6 aromatic rings. The van der Waals surface area contributed by atoms with E-state index in [0.29, 0.717) is 50.7 Å². The van der Waals surface area contributed by atoms with Gasteiger partial charge in [0, 0.05) is 36.3 Å². The number of amides is 4. The van der Waals surface area contributed by atoms with Crippen molar-refractivity contribution in [3.63, 3.8) is 0 Å². The molecule has 4 heterocycles. The van der Waals surface area contributed by atoms with Gasteiger partial charge in [-0.15, -0.1) is 0 Å². The Morgan fingerprint density at radius 3 is 1.38 bits per heavy atom. The first kappa shape index (κ1) is 33.1. The van der Waals surface area contributed by atoms with Gasteiger partial charge in [-0.25, -0.2) is 9.80 Å². The van der Waals surface area contributed by atoms with Crippen LogP contribution >= 0.6 is 0 Å². The third kappa shape index (κ3) is 5.23. The fourth-order valence-corrected chi connectivity index (χ4v) is 6.61. The molecule has 4 aromatic carbocycles. The maximum Gasteiger partial charge on any atom is 0.267 e. The van der Waals surface area contributed by atoms with Crippen LogP contribution in [0.5, 0.6) is 0 Å². The van der Waals surface area contributed by atoms with Crippen molar-refractivity contribution in [3.8, 4) is 34.7 Å². The smallest absolute Gasteiger partial charge is 0.267 e. The number of hydrogen-bond acceptors (Lipinski definition) is 8. The second kappa shape index (κ2) is 12.8. The molecule has 0 N–H and O–H groups in total. The molecule has 4 amide bonds. The fraction of sp³-hybridized carbons (Fsp3) is 0.100. The summed E-state index contributed by atoms with van der Waals surface area (Å²) in [7, 11) is 3.47. The molecule has 12 heteroatoms. The SMILES string of the molecule is Cc1c(-c2ccc(C#N)cc2)nn(C)c1N1C(=O)c2ccccc2C1=O.Cc1c(N2C(=O)c3ccccc3C2=O)nn(C)c1-c1ccc(C#N)cc1. The van der Waals surface area contributed by atoms with Gasteiger partial charge in [0.2, 0.25) is 0 Å². The third-order valence-electron chi connectivity index (χ3n) is 9.09. The lowest BCUT2D eigenvalue weighted by Crippen LogP contribution is -2.31. The monoisotopic (exact) mass is 684 g/mol. The minimum Gasteiger partial charge on any atom is -0.268 e. The average molecular weight is 685 g/mol. The van der Waals surface area contributed by atoms with E-state index in [-0.39, 0.29) is 23.6 Å². The van der Waals surface area contributed by atoms with Gasteiger partial charge in [0.1, 0.15) is 5.82 Å². The number of hydrogen-bond donors (Lipinski definition) is 0. The summed E-state index contributed by atoms with van der Waals surface area (Å²) in [5.74, 6) is -0.629. The van der Waals surface area contributed by atoms with Gasteiger partial charge in [0.25, 0.3) is 23.6 Å². The summed E-state index contributed by atoms with van der Waals surface area (Å²) < 4.78 is 3.19. The lowest BCUT2D eigenvalue weighted by atomic mass is 10.1. The van der Waals surface area contributed by atoms with Gasteiger partial charge in [-0.3, -0.25) is 28.5 Å². The number of nitrogens with zero attached hydrogens (tertiary/aromatic N) is 8. The highest BCUT2D eigenvalue weighted by Gasteiger charge is 2.40. The van der Waals surface area contributed by atoms with E-state index in [0.717, 1.165) is 32.8 Å². The maximum absolute atomic E-state index is 12.8. The standard InChI is InChI=1S/2C20H14N4O2/c1-12-17(14-9-7-13(11-21)8-10-14)23(2)22-18(12)24-19(25)15-5-3-4-6-16(15)20(24)26;1-12-17(14-9-7-13(11-21)8-10-14)22-23(2)18(12)24-19(25)15-5-3-4-6-16(15)20(24)26/h2*3-10H,1-2H3. The van der Waals surface area contributed by atoms with E-state index in [1.807, 2.05) is 26.0 Å². The maximum atomic E-state index is 12.8. The van der Waals surface area contributed by atoms with Crippen molar-refractivity contribution < 1.29 is 19.2 Å². The van der Waals surface area contributed by atoms with Crippen molar-refractivity contribution in [3.05, 3.63) is 142 Å². The molecule has 8 rings (SSSR count). The Balaban J connectivity index is 0.000000162. The Kier molecular flexibility index (Phi) is 8.13. The topological polar surface area (TPSA) is 158 Å². The van der Waals surface area contributed by atoms with E-state index >= 15 is 0 Å². The lowest BCUT2D eigenvalue weighted by Gasteiger charge is -2.15. The predicted molar refractivity (Wildman–Crippen MR) is 191 cm³/mol. The number of aromatic nitrogens is 4. The summed E-state index contributed by atoms with van der Waals surface area (Å²) in [6.45, 7) is 3.67. The minimum absolute atomic E-state index is 0.332. The van der Waals surface area contributed by atoms with Gasteiger partial charge in [0.05, 0.1) is 56.9 Å². The quantitative estimate of drug-likeness (QED) is 0.201. The first-order valence-electron chi connectivity index (χ1n) is 16.1. The van der Waals surface area contributed by atoms with Crippen LogP contribution in [0, 0.1) is 36.5 Å². The predicted octanol–water partition coefficient (Wildman–Crippen LogP) is 6.14. The number of nitriles is 2. The van der Waals surface area contributed by atoms with Crippen LogP contribution in [0.1, 0.15) is 63.7 Å². The van der Waals surface area contributed by atoms with E-state index in [4.69, 9.17) is 10.5 Å². The van der Waals surface area contributed by atoms with Crippen molar-refractivity contribution in [2.75, 3.05) is 9.80 Å². The Morgan fingerprint density at radius 1 is 0.519 bits per heavy atom. The molecule has 52 heavy (non-hydrogen) atoms. The van der Waals surface area contributed by atoms with Crippen LogP contribution in [0.3, 0.4) is 0 Å². The van der Waals surface area contributed by atoms with E-state index in [1.54, 1.807) is 108 Å². The first-order chi connectivity index (χ1) is 25.0. The molecule has 0 spiro atoms. The van der Waals surface area contributed by atoms with Crippen molar-refractivity contribution in [1.82, 2.24) is 19.6 Å². The van der Waals surface area contributed by atoms with Crippen LogP contribution in [0.2, 0.25) is 0 Å². The van der Waals surface area contributed by atoms with Gasteiger partial charge in [-0.1, -0.05) is 48.5 Å². The second-order valence-corrected chi connectivity index (χ2v) is 12.2. The number of fused-ring (bicyclic) bond motifs is 2. The van der Waals surface area contributed by atoms with Gasteiger partial charge >= 0.3 is 0 Å². The van der Waals surface area contributed by atoms with Gasteiger partial charge in [-0.2, -0.15) is 20.7 Å².